The predicted octanol–water partition coefficient (Wildman–Crippen LogP) is 3.07. The summed E-state index contributed by atoms with van der Waals surface area (Å²) in [6.07, 6.45) is -2.83. The number of carbonyl (C=O) groups excluding carboxylic acids is 1. The van der Waals surface area contributed by atoms with Gasteiger partial charge in [-0.15, -0.1) is 0 Å². The van der Waals surface area contributed by atoms with Gasteiger partial charge in [0.25, 0.3) is 0 Å². The number of Topliss-reactive ketones (excluding diaryl/α,β-unsaturated/α-hetero) is 1. The van der Waals surface area contributed by atoms with Crippen molar-refractivity contribution in [2.45, 2.75) is 48.6 Å². The molecule has 40 heavy (non-hydrogen) atoms. The monoisotopic (exact) mass is 540 g/mol. The highest BCUT2D eigenvalue weighted by Crippen LogP contribution is 2.42. The summed E-state index contributed by atoms with van der Waals surface area (Å²) in [5.41, 5.74) is -5.42. The molecule has 4 atom stereocenters. The van der Waals surface area contributed by atoms with E-state index in [-0.39, 0.29) is 19.3 Å². The number of ketones is 1. The van der Waals surface area contributed by atoms with Crippen molar-refractivity contribution in [3.63, 3.8) is 0 Å². The molecule has 0 heterocycles. The molecule has 6 nitrogen and oxygen atoms in total. The molecular formula is C34H36O6. The van der Waals surface area contributed by atoms with Crippen LogP contribution in [0.2, 0.25) is 0 Å². The molecule has 0 aliphatic heterocycles. The summed E-state index contributed by atoms with van der Waals surface area (Å²) in [6, 6.07) is 35.0. The zero-order valence-electron chi connectivity index (χ0n) is 22.3. The largest absolute Gasteiger partial charge is 0.393 e. The highest BCUT2D eigenvalue weighted by atomic mass is 16.4. The zero-order chi connectivity index (χ0) is 28.6. The van der Waals surface area contributed by atoms with Crippen molar-refractivity contribution < 1.29 is 30.3 Å². The van der Waals surface area contributed by atoms with E-state index in [0.29, 0.717) is 22.3 Å². The maximum Gasteiger partial charge on any atom is 0.196 e. The van der Waals surface area contributed by atoms with Gasteiger partial charge in [0.1, 0.15) is 17.3 Å². The number of rotatable bonds is 13. The smallest absolute Gasteiger partial charge is 0.196 e. The van der Waals surface area contributed by atoms with Crippen LogP contribution >= 0.6 is 0 Å². The fourth-order valence-electron chi connectivity index (χ4n) is 5.39. The molecule has 0 saturated heterocycles. The standard InChI is InChI=1S/C34H36O6/c35-25-32(38,22-27-15-7-2-8-16-27)34(40,24-29-19-11-4-12-20-29)33(39,23-28-17-9-3-10-18-28)31(37)30(36)21-26-13-5-1-6-14-26/h1-20,30,35-36,38-40H,21-25H2/t30?,32-,33+,34+/m0/s1. The van der Waals surface area contributed by atoms with Gasteiger partial charge in [-0.3, -0.25) is 4.79 Å². The molecular weight excluding hydrogens is 504 g/mol. The van der Waals surface area contributed by atoms with Crippen LogP contribution in [0.3, 0.4) is 0 Å². The van der Waals surface area contributed by atoms with Crippen molar-refractivity contribution in [3.05, 3.63) is 144 Å². The third kappa shape index (κ3) is 6.22. The molecule has 5 N–H and O–H groups in total. The van der Waals surface area contributed by atoms with E-state index in [1.54, 1.807) is 115 Å². The number of hydrogen-bond donors (Lipinski definition) is 5. The molecule has 0 aromatic heterocycles. The highest BCUT2D eigenvalue weighted by Gasteiger charge is 2.65. The fraction of sp³-hybridized carbons (Fsp3) is 0.265. The average Bonchev–Trinajstić information content (AvgIpc) is 2.98. The summed E-state index contributed by atoms with van der Waals surface area (Å²) in [5.74, 6) is -1.04. The number of hydrogen-bond acceptors (Lipinski definition) is 6. The van der Waals surface area contributed by atoms with Crippen LogP contribution in [0.4, 0.5) is 0 Å². The minimum absolute atomic E-state index is 0.103. The Morgan fingerprint density at radius 3 is 1.38 bits per heavy atom. The zero-order valence-corrected chi connectivity index (χ0v) is 22.3. The summed E-state index contributed by atoms with van der Waals surface area (Å²) in [7, 11) is 0. The molecule has 0 radical (unpaired) electrons. The summed E-state index contributed by atoms with van der Waals surface area (Å²) >= 11 is 0. The van der Waals surface area contributed by atoms with Crippen molar-refractivity contribution in [3.8, 4) is 0 Å². The van der Waals surface area contributed by atoms with E-state index < -0.39 is 41.7 Å². The summed E-state index contributed by atoms with van der Waals surface area (Å²) in [4.78, 5) is 14.2. The van der Waals surface area contributed by atoms with Crippen LogP contribution in [0.5, 0.6) is 0 Å². The minimum Gasteiger partial charge on any atom is -0.393 e. The lowest BCUT2D eigenvalue weighted by atomic mass is 9.61. The van der Waals surface area contributed by atoms with Crippen molar-refractivity contribution in [2.75, 3.05) is 6.61 Å². The van der Waals surface area contributed by atoms with Gasteiger partial charge in [-0.1, -0.05) is 121 Å². The van der Waals surface area contributed by atoms with E-state index in [0.717, 1.165) is 0 Å². The molecule has 1 unspecified atom stereocenters. The number of aliphatic hydroxyl groups excluding tert-OH is 2. The van der Waals surface area contributed by atoms with Gasteiger partial charge >= 0.3 is 0 Å². The normalized spacial score (nSPS) is 16.7. The van der Waals surface area contributed by atoms with Crippen molar-refractivity contribution in [1.82, 2.24) is 0 Å². The first kappa shape index (κ1) is 29.3. The lowest BCUT2D eigenvalue weighted by Gasteiger charge is -2.52. The van der Waals surface area contributed by atoms with Crippen LogP contribution < -0.4 is 0 Å². The Balaban J connectivity index is 1.87. The first-order valence-electron chi connectivity index (χ1n) is 13.4. The Kier molecular flexibility index (Phi) is 9.30. The lowest BCUT2D eigenvalue weighted by Crippen LogP contribution is -2.75. The summed E-state index contributed by atoms with van der Waals surface area (Å²) in [5, 5.41) is 59.0. The topological polar surface area (TPSA) is 118 Å². The van der Waals surface area contributed by atoms with Gasteiger partial charge in [0.2, 0.25) is 0 Å². The van der Waals surface area contributed by atoms with Crippen LogP contribution in [0, 0.1) is 0 Å². The van der Waals surface area contributed by atoms with E-state index >= 15 is 0 Å². The van der Waals surface area contributed by atoms with E-state index in [2.05, 4.69) is 0 Å². The van der Waals surface area contributed by atoms with Crippen LogP contribution in [0.1, 0.15) is 22.3 Å². The van der Waals surface area contributed by atoms with E-state index in [1.807, 2.05) is 6.07 Å². The van der Waals surface area contributed by atoms with Crippen LogP contribution in [0.25, 0.3) is 0 Å². The van der Waals surface area contributed by atoms with Gasteiger partial charge in [-0.05, 0) is 22.3 Å². The number of benzene rings is 4. The number of carbonyl (C=O) groups is 1. The molecule has 4 aromatic carbocycles. The third-order valence-corrected chi connectivity index (χ3v) is 7.64. The van der Waals surface area contributed by atoms with E-state index in [4.69, 9.17) is 0 Å². The molecule has 208 valence electrons. The second-order valence-electron chi connectivity index (χ2n) is 10.5. The van der Waals surface area contributed by atoms with Crippen LogP contribution in [-0.4, -0.2) is 60.8 Å². The maximum absolute atomic E-state index is 14.2. The third-order valence-electron chi connectivity index (χ3n) is 7.64. The first-order valence-corrected chi connectivity index (χ1v) is 13.4. The SMILES string of the molecule is O=C(C(O)Cc1ccccc1)[C@](O)(Cc1ccccc1)[C@@](O)(Cc1ccccc1)[C@@](O)(CO)Cc1ccccc1. The Labute approximate surface area is 234 Å². The molecule has 0 fully saturated rings. The van der Waals surface area contributed by atoms with Crippen molar-refractivity contribution in [2.24, 2.45) is 0 Å². The van der Waals surface area contributed by atoms with E-state index in [1.165, 1.54) is 0 Å². The average molecular weight is 541 g/mol. The second-order valence-corrected chi connectivity index (χ2v) is 10.5. The maximum atomic E-state index is 14.2. The molecule has 0 aliphatic carbocycles. The van der Waals surface area contributed by atoms with Gasteiger partial charge in [-0.25, -0.2) is 0 Å². The van der Waals surface area contributed by atoms with Crippen LogP contribution in [0.15, 0.2) is 121 Å². The quantitative estimate of drug-likeness (QED) is 0.178. The molecule has 0 amide bonds. The Morgan fingerprint density at radius 2 is 0.950 bits per heavy atom. The minimum atomic E-state index is -2.70. The van der Waals surface area contributed by atoms with Gasteiger partial charge in [0.15, 0.2) is 11.4 Å². The fourth-order valence-corrected chi connectivity index (χ4v) is 5.39. The van der Waals surface area contributed by atoms with Crippen molar-refractivity contribution in [1.29, 1.82) is 0 Å². The molecule has 4 rings (SSSR count). The second kappa shape index (κ2) is 12.7. The predicted molar refractivity (Wildman–Crippen MR) is 154 cm³/mol. The number of aliphatic hydroxyl groups is 5. The molecule has 0 aliphatic rings. The molecule has 0 saturated carbocycles. The summed E-state index contributed by atoms with van der Waals surface area (Å²) in [6.45, 7) is -0.954. The Morgan fingerprint density at radius 1 is 0.575 bits per heavy atom. The molecule has 0 spiro atoms. The highest BCUT2D eigenvalue weighted by molar-refractivity contribution is 5.93. The lowest BCUT2D eigenvalue weighted by molar-refractivity contribution is -0.252. The Bertz CT molecular complexity index is 1350. The van der Waals surface area contributed by atoms with Gasteiger partial charge < -0.3 is 25.5 Å². The molecule has 6 heteroatoms. The van der Waals surface area contributed by atoms with Gasteiger partial charge in [-0.2, -0.15) is 0 Å². The van der Waals surface area contributed by atoms with Gasteiger partial charge in [0, 0.05) is 25.7 Å². The molecule has 0 bridgehead atoms. The van der Waals surface area contributed by atoms with Crippen molar-refractivity contribution >= 4 is 5.78 Å². The molecule has 4 aromatic rings. The van der Waals surface area contributed by atoms with E-state index in [9.17, 15) is 30.3 Å². The van der Waals surface area contributed by atoms with Crippen LogP contribution in [-0.2, 0) is 30.5 Å². The Hall–Kier alpha value is -3.65. The summed E-state index contributed by atoms with van der Waals surface area (Å²) < 4.78 is 0. The van der Waals surface area contributed by atoms with Gasteiger partial charge in [0.05, 0.1) is 6.61 Å². The first-order chi connectivity index (χ1) is 19.2.